The summed E-state index contributed by atoms with van der Waals surface area (Å²) in [4.78, 5) is 22.9. The molecule has 0 unspecified atom stereocenters. The number of rotatable bonds is 6. The second-order valence-electron chi connectivity index (χ2n) is 4.48. The van der Waals surface area contributed by atoms with E-state index in [2.05, 4.69) is 10.6 Å². The minimum atomic E-state index is -0.387. The molecule has 5 nitrogen and oxygen atoms in total. The molecule has 2 amide bonds. The largest absolute Gasteiger partial charge is 0.482 e. The number of ether oxygens (including phenoxy) is 1. The molecule has 7 heteroatoms. The monoisotopic (exact) mass is 316 g/mol. The minimum absolute atomic E-state index is 0.0486. The summed E-state index contributed by atoms with van der Waals surface area (Å²) in [6.07, 6.45) is 2.02. The van der Waals surface area contributed by atoms with Crippen molar-refractivity contribution in [2.75, 3.05) is 13.2 Å². The van der Waals surface area contributed by atoms with Gasteiger partial charge in [-0.15, -0.1) is 0 Å². The molecule has 0 aliphatic heterocycles. The highest BCUT2D eigenvalue weighted by molar-refractivity contribution is 6.35. The number of hydrogen-bond donors (Lipinski definition) is 2. The molecule has 0 radical (unpaired) electrons. The molecule has 0 atom stereocenters. The summed E-state index contributed by atoms with van der Waals surface area (Å²) in [5.41, 5.74) is 0. The van der Waals surface area contributed by atoms with Gasteiger partial charge in [0.25, 0.3) is 5.91 Å². The Kier molecular flexibility index (Phi) is 5.09. The third kappa shape index (κ3) is 4.90. The first kappa shape index (κ1) is 14.9. The Morgan fingerprint density at radius 1 is 1.25 bits per heavy atom. The van der Waals surface area contributed by atoms with Crippen LogP contribution in [0.4, 0.5) is 0 Å². The number of hydrogen-bond acceptors (Lipinski definition) is 3. The molecule has 1 saturated carbocycles. The molecule has 20 heavy (non-hydrogen) atoms. The molecule has 2 rings (SSSR count). The second-order valence-corrected chi connectivity index (χ2v) is 5.33. The third-order valence-corrected chi connectivity index (χ3v) is 3.17. The summed E-state index contributed by atoms with van der Waals surface area (Å²) in [5.74, 6) is -0.207. The number of carbonyl (C=O) groups is 2. The highest BCUT2D eigenvalue weighted by atomic mass is 35.5. The summed E-state index contributed by atoms with van der Waals surface area (Å²) in [6.45, 7) is -0.259. The summed E-state index contributed by atoms with van der Waals surface area (Å²) in [5, 5.41) is 6.06. The molecule has 2 N–H and O–H groups in total. The average Bonchev–Trinajstić information content (AvgIpc) is 3.19. The highest BCUT2D eigenvalue weighted by Gasteiger charge is 2.23. The van der Waals surface area contributed by atoms with E-state index in [4.69, 9.17) is 27.9 Å². The van der Waals surface area contributed by atoms with Gasteiger partial charge in [0.05, 0.1) is 11.6 Å². The Hall–Kier alpha value is -1.46. The van der Waals surface area contributed by atoms with E-state index in [0.29, 0.717) is 15.8 Å². The van der Waals surface area contributed by atoms with E-state index in [0.717, 1.165) is 12.8 Å². The zero-order valence-electron chi connectivity index (χ0n) is 10.6. The maximum atomic E-state index is 11.5. The van der Waals surface area contributed by atoms with Crippen molar-refractivity contribution in [3.05, 3.63) is 28.2 Å². The zero-order valence-corrected chi connectivity index (χ0v) is 12.1. The first-order valence-corrected chi connectivity index (χ1v) is 6.94. The smallest absolute Gasteiger partial charge is 0.258 e. The Balaban J connectivity index is 1.70. The quantitative estimate of drug-likeness (QED) is 0.840. The standard InChI is InChI=1S/C13H14Cl2N2O3/c14-8-1-4-11(10(15)5-8)20-7-13(19)16-6-12(18)17-9-2-3-9/h1,4-5,9H,2-3,6-7H2,(H,16,19)(H,17,18). The number of benzene rings is 1. The molecule has 1 aliphatic carbocycles. The summed E-state index contributed by atoms with van der Waals surface area (Å²) in [6, 6.07) is 5.00. The molecule has 1 fully saturated rings. The van der Waals surface area contributed by atoms with E-state index in [1.54, 1.807) is 12.1 Å². The van der Waals surface area contributed by atoms with Crippen molar-refractivity contribution in [1.29, 1.82) is 0 Å². The van der Waals surface area contributed by atoms with Crippen LogP contribution in [0.25, 0.3) is 0 Å². The number of nitrogens with one attached hydrogen (secondary N) is 2. The lowest BCUT2D eigenvalue weighted by Gasteiger charge is -2.09. The van der Waals surface area contributed by atoms with Gasteiger partial charge in [0.15, 0.2) is 6.61 Å². The molecule has 1 aliphatic rings. The average molecular weight is 317 g/mol. The van der Waals surface area contributed by atoms with Gasteiger partial charge in [0, 0.05) is 11.1 Å². The molecule has 0 heterocycles. The lowest BCUT2D eigenvalue weighted by molar-refractivity contribution is -0.127. The van der Waals surface area contributed by atoms with Crippen LogP contribution in [-0.4, -0.2) is 31.0 Å². The lowest BCUT2D eigenvalue weighted by atomic mass is 10.3. The van der Waals surface area contributed by atoms with Gasteiger partial charge in [-0.2, -0.15) is 0 Å². The van der Waals surface area contributed by atoms with Crippen LogP contribution in [0.1, 0.15) is 12.8 Å². The van der Waals surface area contributed by atoms with Gasteiger partial charge >= 0.3 is 0 Å². The van der Waals surface area contributed by atoms with Crippen LogP contribution < -0.4 is 15.4 Å². The Morgan fingerprint density at radius 2 is 2.00 bits per heavy atom. The van der Waals surface area contributed by atoms with E-state index in [1.165, 1.54) is 6.07 Å². The fraction of sp³-hybridized carbons (Fsp3) is 0.385. The van der Waals surface area contributed by atoms with Crippen LogP contribution in [-0.2, 0) is 9.59 Å². The van der Waals surface area contributed by atoms with Crippen LogP contribution in [0.15, 0.2) is 18.2 Å². The van der Waals surface area contributed by atoms with E-state index in [9.17, 15) is 9.59 Å². The van der Waals surface area contributed by atoms with Crippen molar-refractivity contribution in [3.8, 4) is 5.75 Å². The van der Waals surface area contributed by atoms with Gasteiger partial charge in [-0.25, -0.2) is 0 Å². The predicted octanol–water partition coefficient (Wildman–Crippen LogP) is 1.77. The molecule has 0 aromatic heterocycles. The van der Waals surface area contributed by atoms with Crippen molar-refractivity contribution in [1.82, 2.24) is 10.6 Å². The number of halogens is 2. The van der Waals surface area contributed by atoms with Crippen LogP contribution >= 0.6 is 23.2 Å². The Bertz CT molecular complexity index is 518. The van der Waals surface area contributed by atoms with Gasteiger partial charge in [0.1, 0.15) is 5.75 Å². The van der Waals surface area contributed by atoms with Crippen molar-refractivity contribution in [3.63, 3.8) is 0 Å². The van der Waals surface area contributed by atoms with Gasteiger partial charge < -0.3 is 15.4 Å². The molecule has 1 aromatic rings. The van der Waals surface area contributed by atoms with Crippen molar-refractivity contribution in [2.45, 2.75) is 18.9 Å². The molecule has 0 bridgehead atoms. The first-order valence-electron chi connectivity index (χ1n) is 6.18. The minimum Gasteiger partial charge on any atom is -0.482 e. The van der Waals surface area contributed by atoms with Crippen molar-refractivity contribution >= 4 is 35.0 Å². The first-order chi connectivity index (χ1) is 9.54. The number of amides is 2. The topological polar surface area (TPSA) is 67.4 Å². The number of carbonyl (C=O) groups excluding carboxylic acids is 2. The molecular formula is C13H14Cl2N2O3. The Morgan fingerprint density at radius 3 is 2.65 bits per heavy atom. The summed E-state index contributed by atoms with van der Waals surface area (Å²) in [7, 11) is 0. The van der Waals surface area contributed by atoms with Gasteiger partial charge in [-0.3, -0.25) is 9.59 Å². The predicted molar refractivity (Wildman–Crippen MR) is 76.1 cm³/mol. The normalized spacial score (nSPS) is 13.7. The van der Waals surface area contributed by atoms with Gasteiger partial charge in [-0.05, 0) is 31.0 Å². The zero-order chi connectivity index (χ0) is 14.5. The van der Waals surface area contributed by atoms with Crippen LogP contribution in [0.2, 0.25) is 10.0 Å². The van der Waals surface area contributed by atoms with E-state index in [-0.39, 0.29) is 31.0 Å². The maximum Gasteiger partial charge on any atom is 0.258 e. The van der Waals surface area contributed by atoms with Crippen LogP contribution in [0.3, 0.4) is 0 Å². The fourth-order valence-electron chi connectivity index (χ4n) is 1.47. The Labute approximate surface area is 126 Å². The van der Waals surface area contributed by atoms with Crippen LogP contribution in [0, 0.1) is 0 Å². The summed E-state index contributed by atoms with van der Waals surface area (Å²) < 4.78 is 5.24. The molecule has 108 valence electrons. The SMILES string of the molecule is O=C(COc1ccc(Cl)cc1Cl)NCC(=O)NC1CC1. The fourth-order valence-corrected chi connectivity index (χ4v) is 1.93. The van der Waals surface area contributed by atoms with Crippen molar-refractivity contribution < 1.29 is 14.3 Å². The summed E-state index contributed by atoms with van der Waals surface area (Å²) >= 11 is 11.6. The molecular weight excluding hydrogens is 303 g/mol. The molecule has 0 spiro atoms. The van der Waals surface area contributed by atoms with Crippen molar-refractivity contribution in [2.24, 2.45) is 0 Å². The molecule has 1 aromatic carbocycles. The maximum absolute atomic E-state index is 11.5. The van der Waals surface area contributed by atoms with Gasteiger partial charge in [-0.1, -0.05) is 23.2 Å². The van der Waals surface area contributed by atoms with Gasteiger partial charge in [0.2, 0.25) is 5.91 Å². The third-order valence-electron chi connectivity index (χ3n) is 2.64. The van der Waals surface area contributed by atoms with E-state index in [1.807, 2.05) is 0 Å². The van der Waals surface area contributed by atoms with E-state index >= 15 is 0 Å². The van der Waals surface area contributed by atoms with Crippen LogP contribution in [0.5, 0.6) is 5.75 Å². The highest BCUT2D eigenvalue weighted by Crippen LogP contribution is 2.27. The van der Waals surface area contributed by atoms with E-state index < -0.39 is 0 Å². The molecule has 0 saturated heterocycles. The second kappa shape index (κ2) is 6.81. The lowest BCUT2D eigenvalue weighted by Crippen LogP contribution is -2.39.